The Morgan fingerprint density at radius 3 is 2.57 bits per heavy atom. The van der Waals surface area contributed by atoms with Crippen molar-refractivity contribution < 1.29 is 4.79 Å². The van der Waals surface area contributed by atoms with Crippen LogP contribution in [0.1, 0.15) is 38.5 Å². The summed E-state index contributed by atoms with van der Waals surface area (Å²) in [6, 6.07) is 0.336. The van der Waals surface area contributed by atoms with Crippen LogP contribution in [0.25, 0.3) is 0 Å². The summed E-state index contributed by atoms with van der Waals surface area (Å²) in [4.78, 5) is 14.1. The average molecular weight is 196 g/mol. The summed E-state index contributed by atoms with van der Waals surface area (Å²) in [5.41, 5.74) is 5.67. The fourth-order valence-electron chi connectivity index (χ4n) is 2.78. The first-order chi connectivity index (χ1) is 6.83. The highest BCUT2D eigenvalue weighted by Gasteiger charge is 2.33. The Hall–Kier alpha value is -0.570. The van der Waals surface area contributed by atoms with Gasteiger partial charge in [-0.3, -0.25) is 4.79 Å². The summed E-state index contributed by atoms with van der Waals surface area (Å²) in [5, 5.41) is 0. The molecule has 0 aromatic heterocycles. The van der Waals surface area contributed by atoms with Crippen LogP contribution in [0.5, 0.6) is 0 Å². The molecule has 3 nitrogen and oxygen atoms in total. The minimum atomic E-state index is 0.321. The maximum Gasteiger partial charge on any atom is 0.225 e. The molecule has 1 atom stereocenters. The number of rotatable bonds is 2. The van der Waals surface area contributed by atoms with Crippen molar-refractivity contribution >= 4 is 5.91 Å². The summed E-state index contributed by atoms with van der Waals surface area (Å²) in [5.74, 6) is 0.706. The minimum absolute atomic E-state index is 0.321. The van der Waals surface area contributed by atoms with Gasteiger partial charge in [-0.1, -0.05) is 12.8 Å². The molecule has 0 aromatic rings. The number of carbonyl (C=O) groups excluding carboxylic acids is 1. The van der Waals surface area contributed by atoms with Gasteiger partial charge >= 0.3 is 0 Å². The van der Waals surface area contributed by atoms with E-state index in [1.54, 1.807) is 0 Å². The second-order valence-electron chi connectivity index (χ2n) is 4.54. The highest BCUT2D eigenvalue weighted by atomic mass is 16.2. The average Bonchev–Trinajstić information content (AvgIpc) is 2.87. The lowest BCUT2D eigenvalue weighted by Gasteiger charge is -2.26. The molecular weight excluding hydrogens is 176 g/mol. The predicted molar refractivity (Wildman–Crippen MR) is 55.7 cm³/mol. The van der Waals surface area contributed by atoms with Crippen molar-refractivity contribution in [1.29, 1.82) is 0 Å². The van der Waals surface area contributed by atoms with Crippen molar-refractivity contribution in [3.8, 4) is 0 Å². The smallest absolute Gasteiger partial charge is 0.225 e. The van der Waals surface area contributed by atoms with Gasteiger partial charge in [0.1, 0.15) is 0 Å². The van der Waals surface area contributed by atoms with Crippen molar-refractivity contribution in [3.63, 3.8) is 0 Å². The molecule has 0 radical (unpaired) electrons. The first kappa shape index (κ1) is 9.97. The summed E-state index contributed by atoms with van der Waals surface area (Å²) >= 11 is 0. The maximum absolute atomic E-state index is 12.1. The van der Waals surface area contributed by atoms with E-state index in [0.29, 0.717) is 24.4 Å². The van der Waals surface area contributed by atoms with Gasteiger partial charge in [-0.15, -0.1) is 0 Å². The van der Waals surface area contributed by atoms with Gasteiger partial charge in [0, 0.05) is 25.0 Å². The second kappa shape index (κ2) is 4.30. The highest BCUT2D eigenvalue weighted by molar-refractivity contribution is 5.79. The third-order valence-corrected chi connectivity index (χ3v) is 3.64. The van der Waals surface area contributed by atoms with Crippen molar-refractivity contribution in [1.82, 2.24) is 4.90 Å². The molecule has 80 valence electrons. The lowest BCUT2D eigenvalue weighted by Crippen LogP contribution is -2.42. The van der Waals surface area contributed by atoms with Gasteiger partial charge in [0.2, 0.25) is 5.91 Å². The lowest BCUT2D eigenvalue weighted by molar-refractivity contribution is -0.136. The van der Waals surface area contributed by atoms with Crippen LogP contribution in [0.4, 0.5) is 0 Å². The standard InChI is InChI=1S/C11H20N2O/c12-8-10-6-3-7-13(10)11(14)9-4-1-2-5-9/h9-10H,1-8,12H2/t10-/m0/s1. The highest BCUT2D eigenvalue weighted by Crippen LogP contribution is 2.29. The number of hydrogen-bond donors (Lipinski definition) is 1. The number of carbonyl (C=O) groups is 1. The molecule has 1 saturated carbocycles. The Balaban J connectivity index is 1.95. The number of likely N-dealkylation sites (tertiary alicyclic amines) is 1. The van der Waals surface area contributed by atoms with Crippen LogP contribution in [-0.2, 0) is 4.79 Å². The summed E-state index contributed by atoms with van der Waals surface area (Å²) in [6.07, 6.45) is 6.92. The summed E-state index contributed by atoms with van der Waals surface area (Å²) in [6.45, 7) is 1.58. The zero-order valence-electron chi connectivity index (χ0n) is 8.74. The molecule has 2 fully saturated rings. The lowest BCUT2D eigenvalue weighted by atomic mass is 10.1. The normalized spacial score (nSPS) is 28.6. The van der Waals surface area contributed by atoms with Crippen LogP contribution < -0.4 is 5.73 Å². The van der Waals surface area contributed by atoms with Gasteiger partial charge in [0.15, 0.2) is 0 Å². The predicted octanol–water partition coefficient (Wildman–Crippen LogP) is 1.13. The number of hydrogen-bond acceptors (Lipinski definition) is 2. The van der Waals surface area contributed by atoms with Gasteiger partial charge in [0.05, 0.1) is 0 Å². The fourth-order valence-corrected chi connectivity index (χ4v) is 2.78. The Bertz CT molecular complexity index is 211. The zero-order valence-corrected chi connectivity index (χ0v) is 8.74. The van der Waals surface area contributed by atoms with E-state index in [0.717, 1.165) is 32.2 Å². The van der Waals surface area contributed by atoms with Crippen LogP contribution in [0.3, 0.4) is 0 Å². The van der Waals surface area contributed by atoms with Gasteiger partial charge in [0.25, 0.3) is 0 Å². The second-order valence-corrected chi connectivity index (χ2v) is 4.54. The van der Waals surface area contributed by atoms with E-state index in [2.05, 4.69) is 0 Å². The molecule has 1 saturated heterocycles. The van der Waals surface area contributed by atoms with E-state index >= 15 is 0 Å². The van der Waals surface area contributed by atoms with Crippen LogP contribution in [0, 0.1) is 5.92 Å². The molecule has 14 heavy (non-hydrogen) atoms. The van der Waals surface area contributed by atoms with E-state index in [4.69, 9.17) is 5.73 Å². The Morgan fingerprint density at radius 1 is 1.21 bits per heavy atom. The molecule has 1 aliphatic heterocycles. The van der Waals surface area contributed by atoms with Crippen LogP contribution in [-0.4, -0.2) is 29.9 Å². The Morgan fingerprint density at radius 2 is 1.93 bits per heavy atom. The van der Waals surface area contributed by atoms with Crippen molar-refractivity contribution in [2.45, 2.75) is 44.6 Å². The van der Waals surface area contributed by atoms with Crippen molar-refractivity contribution in [2.24, 2.45) is 11.7 Å². The van der Waals surface area contributed by atoms with Crippen LogP contribution in [0.15, 0.2) is 0 Å². The monoisotopic (exact) mass is 196 g/mol. The molecule has 0 unspecified atom stereocenters. The van der Waals surface area contributed by atoms with E-state index in [-0.39, 0.29) is 0 Å². The SMILES string of the molecule is NC[C@@H]1CCCN1C(=O)C1CCCC1. The molecule has 2 N–H and O–H groups in total. The van der Waals surface area contributed by atoms with Gasteiger partial charge in [-0.05, 0) is 25.7 Å². The van der Waals surface area contributed by atoms with Crippen LogP contribution >= 0.6 is 0 Å². The fraction of sp³-hybridized carbons (Fsp3) is 0.909. The summed E-state index contributed by atoms with van der Waals surface area (Å²) in [7, 11) is 0. The molecule has 1 aliphatic carbocycles. The number of nitrogens with zero attached hydrogens (tertiary/aromatic N) is 1. The number of amides is 1. The molecule has 2 aliphatic rings. The molecule has 0 spiro atoms. The molecule has 2 rings (SSSR count). The minimum Gasteiger partial charge on any atom is -0.338 e. The van der Waals surface area contributed by atoms with Gasteiger partial charge in [-0.2, -0.15) is 0 Å². The van der Waals surface area contributed by atoms with Crippen molar-refractivity contribution in [2.75, 3.05) is 13.1 Å². The van der Waals surface area contributed by atoms with E-state index in [1.807, 2.05) is 4.90 Å². The largest absolute Gasteiger partial charge is 0.338 e. The zero-order chi connectivity index (χ0) is 9.97. The van der Waals surface area contributed by atoms with Crippen molar-refractivity contribution in [3.05, 3.63) is 0 Å². The number of nitrogens with two attached hydrogens (primary N) is 1. The third-order valence-electron chi connectivity index (χ3n) is 3.64. The molecule has 0 bridgehead atoms. The first-order valence-corrected chi connectivity index (χ1v) is 5.83. The van der Waals surface area contributed by atoms with E-state index in [9.17, 15) is 4.79 Å². The van der Waals surface area contributed by atoms with E-state index < -0.39 is 0 Å². The van der Waals surface area contributed by atoms with Gasteiger partial charge in [-0.25, -0.2) is 0 Å². The third kappa shape index (κ3) is 1.78. The van der Waals surface area contributed by atoms with E-state index in [1.165, 1.54) is 12.8 Å². The Kier molecular flexibility index (Phi) is 3.06. The first-order valence-electron chi connectivity index (χ1n) is 5.83. The quantitative estimate of drug-likeness (QED) is 0.719. The Labute approximate surface area is 85.6 Å². The molecular formula is C11H20N2O. The summed E-state index contributed by atoms with van der Waals surface area (Å²) < 4.78 is 0. The molecule has 1 heterocycles. The molecule has 3 heteroatoms. The van der Waals surface area contributed by atoms with Crippen LogP contribution in [0.2, 0.25) is 0 Å². The molecule has 1 amide bonds. The topological polar surface area (TPSA) is 46.3 Å². The maximum atomic E-state index is 12.1. The van der Waals surface area contributed by atoms with Gasteiger partial charge < -0.3 is 10.6 Å². The molecule has 0 aromatic carbocycles.